The molecular weight excluding hydrogens is 404 g/mol. The van der Waals surface area contributed by atoms with Crippen molar-refractivity contribution >= 4 is 11.6 Å². The third-order valence-electron chi connectivity index (χ3n) is 4.90. The SMILES string of the molecule is CCc1ccccc1Nc1ncc(-c2ccc(C#N)c(O[C@@H](C)Cn3cnnn3)c2)cn1. The Hall–Kier alpha value is -4.32. The molecule has 4 rings (SSSR count). The molecule has 2 aromatic carbocycles. The molecule has 9 heteroatoms. The molecule has 0 bridgehead atoms. The number of anilines is 2. The van der Waals surface area contributed by atoms with Gasteiger partial charge in [0.05, 0.1) is 12.1 Å². The fraction of sp³-hybridized carbons (Fsp3) is 0.217. The first-order valence-electron chi connectivity index (χ1n) is 10.2. The molecule has 160 valence electrons. The molecule has 32 heavy (non-hydrogen) atoms. The molecule has 2 aromatic heterocycles. The van der Waals surface area contributed by atoms with Gasteiger partial charge in [0.25, 0.3) is 0 Å². The predicted molar refractivity (Wildman–Crippen MR) is 119 cm³/mol. The van der Waals surface area contributed by atoms with Crippen LogP contribution >= 0.6 is 0 Å². The lowest BCUT2D eigenvalue weighted by Gasteiger charge is -2.16. The number of nitriles is 1. The smallest absolute Gasteiger partial charge is 0.227 e. The number of aromatic nitrogens is 6. The zero-order valence-electron chi connectivity index (χ0n) is 17.8. The van der Waals surface area contributed by atoms with E-state index in [1.54, 1.807) is 23.1 Å². The highest BCUT2D eigenvalue weighted by Crippen LogP contribution is 2.28. The minimum absolute atomic E-state index is 0.234. The summed E-state index contributed by atoms with van der Waals surface area (Å²) in [5.41, 5.74) is 4.32. The second-order valence-electron chi connectivity index (χ2n) is 7.21. The Bertz CT molecular complexity index is 1220. The average molecular weight is 426 g/mol. The van der Waals surface area contributed by atoms with Gasteiger partial charge in [0.1, 0.15) is 24.3 Å². The standard InChI is InChI=1S/C23H22N8O/c1-3-17-6-4-5-7-21(17)28-23-25-12-20(13-26-23)18-8-9-19(11-24)22(10-18)32-16(2)14-31-15-27-29-30-31/h4-10,12-13,15-16H,3,14H2,1-2H3,(H,25,26,28)/t16-/m0/s1. The second kappa shape index (κ2) is 9.66. The summed E-state index contributed by atoms with van der Waals surface area (Å²) in [6.07, 6.45) is 5.70. The molecule has 0 amide bonds. The number of hydrogen-bond acceptors (Lipinski definition) is 8. The first kappa shape index (κ1) is 20.9. The minimum atomic E-state index is -0.234. The van der Waals surface area contributed by atoms with Crippen molar-refractivity contribution in [2.75, 3.05) is 5.32 Å². The molecule has 0 unspecified atom stereocenters. The summed E-state index contributed by atoms with van der Waals surface area (Å²) in [5.74, 6) is 1.01. The van der Waals surface area contributed by atoms with Gasteiger partial charge < -0.3 is 10.1 Å². The maximum Gasteiger partial charge on any atom is 0.227 e. The van der Waals surface area contributed by atoms with Crippen molar-refractivity contribution in [2.45, 2.75) is 32.9 Å². The van der Waals surface area contributed by atoms with E-state index in [1.807, 2.05) is 37.3 Å². The van der Waals surface area contributed by atoms with E-state index in [9.17, 15) is 5.26 Å². The molecule has 0 radical (unpaired) electrons. The summed E-state index contributed by atoms with van der Waals surface area (Å²) in [7, 11) is 0. The van der Waals surface area contributed by atoms with Gasteiger partial charge >= 0.3 is 0 Å². The fourth-order valence-electron chi connectivity index (χ4n) is 3.29. The Kier molecular flexibility index (Phi) is 6.32. The van der Waals surface area contributed by atoms with Crippen LogP contribution in [0, 0.1) is 11.3 Å². The largest absolute Gasteiger partial charge is 0.487 e. The van der Waals surface area contributed by atoms with E-state index in [0.29, 0.717) is 23.8 Å². The van der Waals surface area contributed by atoms with Gasteiger partial charge in [-0.2, -0.15) is 5.26 Å². The van der Waals surface area contributed by atoms with Crippen LogP contribution in [-0.4, -0.2) is 36.3 Å². The highest BCUT2D eigenvalue weighted by Gasteiger charge is 2.12. The molecule has 0 saturated carbocycles. The van der Waals surface area contributed by atoms with Crippen molar-refractivity contribution < 1.29 is 4.74 Å². The van der Waals surface area contributed by atoms with Crippen molar-refractivity contribution in [3.8, 4) is 22.9 Å². The molecular formula is C23H22N8O. The monoisotopic (exact) mass is 426 g/mol. The number of para-hydroxylation sites is 1. The fourth-order valence-corrected chi connectivity index (χ4v) is 3.29. The molecule has 0 aliphatic heterocycles. The topological polar surface area (TPSA) is 114 Å². The zero-order chi connectivity index (χ0) is 22.3. The van der Waals surface area contributed by atoms with Gasteiger partial charge in [-0.05, 0) is 53.1 Å². The molecule has 0 spiro atoms. The lowest BCUT2D eigenvalue weighted by Crippen LogP contribution is -2.20. The van der Waals surface area contributed by atoms with Gasteiger partial charge in [0, 0.05) is 23.6 Å². The van der Waals surface area contributed by atoms with E-state index in [4.69, 9.17) is 4.74 Å². The van der Waals surface area contributed by atoms with E-state index in [0.717, 1.165) is 23.2 Å². The Morgan fingerprint density at radius 3 is 2.66 bits per heavy atom. The minimum Gasteiger partial charge on any atom is -0.487 e. The van der Waals surface area contributed by atoms with Crippen molar-refractivity contribution in [3.63, 3.8) is 0 Å². The number of hydrogen-bond donors (Lipinski definition) is 1. The number of tetrazole rings is 1. The van der Waals surface area contributed by atoms with Gasteiger partial charge in [-0.15, -0.1) is 5.10 Å². The summed E-state index contributed by atoms with van der Waals surface area (Å²) in [4.78, 5) is 8.91. The highest BCUT2D eigenvalue weighted by molar-refractivity contribution is 5.67. The van der Waals surface area contributed by atoms with E-state index < -0.39 is 0 Å². The van der Waals surface area contributed by atoms with Gasteiger partial charge in [-0.25, -0.2) is 14.6 Å². The Morgan fingerprint density at radius 1 is 1.12 bits per heavy atom. The van der Waals surface area contributed by atoms with Crippen LogP contribution in [0.2, 0.25) is 0 Å². The zero-order valence-corrected chi connectivity index (χ0v) is 17.8. The van der Waals surface area contributed by atoms with E-state index in [1.165, 1.54) is 11.9 Å². The number of nitrogens with zero attached hydrogens (tertiary/aromatic N) is 7. The molecule has 1 N–H and O–H groups in total. The normalized spacial score (nSPS) is 11.5. The van der Waals surface area contributed by atoms with Crippen molar-refractivity contribution in [2.24, 2.45) is 0 Å². The maximum atomic E-state index is 9.47. The lowest BCUT2D eigenvalue weighted by atomic mass is 10.1. The van der Waals surface area contributed by atoms with Crippen LogP contribution in [0.5, 0.6) is 5.75 Å². The first-order valence-corrected chi connectivity index (χ1v) is 10.2. The molecule has 4 aromatic rings. The summed E-state index contributed by atoms with van der Waals surface area (Å²) in [6, 6.07) is 15.7. The maximum absolute atomic E-state index is 9.47. The van der Waals surface area contributed by atoms with Crippen molar-refractivity contribution in [1.29, 1.82) is 5.26 Å². The number of benzene rings is 2. The number of ether oxygens (including phenoxy) is 1. The molecule has 0 fully saturated rings. The van der Waals surface area contributed by atoms with Crippen LogP contribution < -0.4 is 10.1 Å². The van der Waals surface area contributed by atoms with E-state index >= 15 is 0 Å². The van der Waals surface area contributed by atoms with Crippen LogP contribution in [0.25, 0.3) is 11.1 Å². The summed E-state index contributed by atoms with van der Waals surface area (Å²) < 4.78 is 7.59. The molecule has 0 aliphatic rings. The molecule has 2 heterocycles. The molecule has 9 nitrogen and oxygen atoms in total. The molecule has 0 aliphatic carbocycles. The number of nitrogens with one attached hydrogen (secondary N) is 1. The van der Waals surface area contributed by atoms with Gasteiger partial charge in [0.2, 0.25) is 5.95 Å². The lowest BCUT2D eigenvalue weighted by molar-refractivity contribution is 0.192. The molecule has 0 saturated heterocycles. The Morgan fingerprint density at radius 2 is 1.94 bits per heavy atom. The van der Waals surface area contributed by atoms with Gasteiger partial charge in [0.15, 0.2) is 0 Å². The van der Waals surface area contributed by atoms with Crippen LogP contribution in [-0.2, 0) is 13.0 Å². The third kappa shape index (κ3) is 4.87. The van der Waals surface area contributed by atoms with Gasteiger partial charge in [-0.1, -0.05) is 31.2 Å². The molecule has 1 atom stereocenters. The van der Waals surface area contributed by atoms with Crippen LogP contribution in [0.3, 0.4) is 0 Å². The van der Waals surface area contributed by atoms with E-state index in [2.05, 4.69) is 49.9 Å². The van der Waals surface area contributed by atoms with Crippen molar-refractivity contribution in [3.05, 3.63) is 72.3 Å². The Balaban J connectivity index is 1.52. The summed E-state index contributed by atoms with van der Waals surface area (Å²) in [6.45, 7) is 4.47. The Labute approximate surface area is 185 Å². The predicted octanol–water partition coefficient (Wildman–Crippen LogP) is 3.78. The third-order valence-corrected chi connectivity index (χ3v) is 4.90. The van der Waals surface area contributed by atoms with Crippen LogP contribution in [0.1, 0.15) is 25.0 Å². The summed E-state index contributed by atoms with van der Waals surface area (Å²) >= 11 is 0. The van der Waals surface area contributed by atoms with E-state index in [-0.39, 0.29) is 6.10 Å². The number of aryl methyl sites for hydroxylation is 1. The van der Waals surface area contributed by atoms with Crippen LogP contribution in [0.15, 0.2) is 61.2 Å². The quantitative estimate of drug-likeness (QED) is 0.453. The van der Waals surface area contributed by atoms with Crippen LogP contribution in [0.4, 0.5) is 11.6 Å². The highest BCUT2D eigenvalue weighted by atomic mass is 16.5. The summed E-state index contributed by atoms with van der Waals surface area (Å²) in [5, 5.41) is 23.8. The second-order valence-corrected chi connectivity index (χ2v) is 7.21. The van der Waals surface area contributed by atoms with Crippen molar-refractivity contribution in [1.82, 2.24) is 30.2 Å². The van der Waals surface area contributed by atoms with Gasteiger partial charge in [-0.3, -0.25) is 0 Å². The first-order chi connectivity index (χ1) is 15.7. The average Bonchev–Trinajstić information content (AvgIpc) is 3.33. The number of rotatable bonds is 8.